The monoisotopic (exact) mass is 297 g/mol. The van der Waals surface area contributed by atoms with E-state index in [-0.39, 0.29) is 16.8 Å². The Balaban J connectivity index is 2.21. The van der Waals surface area contributed by atoms with Crippen LogP contribution in [0, 0.1) is 16.0 Å². The Kier molecular flexibility index (Phi) is 4.54. The van der Waals surface area contributed by atoms with Gasteiger partial charge in [-0.15, -0.1) is 0 Å². The highest BCUT2D eigenvalue weighted by molar-refractivity contribution is 6.32. The van der Waals surface area contributed by atoms with Gasteiger partial charge in [-0.05, 0) is 24.8 Å². The Morgan fingerprint density at radius 3 is 2.85 bits per heavy atom. The Morgan fingerprint density at radius 2 is 2.20 bits per heavy atom. The summed E-state index contributed by atoms with van der Waals surface area (Å²) in [6.45, 7) is 2.08. The first kappa shape index (κ1) is 14.7. The van der Waals surface area contributed by atoms with E-state index in [2.05, 4.69) is 17.2 Å². The van der Waals surface area contributed by atoms with E-state index < -0.39 is 16.5 Å². The topological polar surface area (TPSA) is 85.1 Å². The predicted molar refractivity (Wildman–Crippen MR) is 74.8 cm³/mol. The van der Waals surface area contributed by atoms with Crippen LogP contribution in [-0.4, -0.2) is 21.9 Å². The third kappa shape index (κ3) is 3.07. The number of nitrogens with one attached hydrogen (secondary N) is 1. The standard InChI is InChI=1S/C13H16ClN3O3/c1-8-4-2-3-5-10(8)16-13(18)9-6-7-15-12(14)11(9)17(19)20/h6-8,10H,2-5H2,1H3,(H,16,18). The summed E-state index contributed by atoms with van der Waals surface area (Å²) in [5, 5.41) is 13.6. The number of rotatable bonds is 3. The largest absolute Gasteiger partial charge is 0.349 e. The van der Waals surface area contributed by atoms with Gasteiger partial charge in [0.25, 0.3) is 5.91 Å². The molecule has 1 saturated carbocycles. The van der Waals surface area contributed by atoms with Crippen molar-refractivity contribution in [1.82, 2.24) is 10.3 Å². The minimum Gasteiger partial charge on any atom is -0.349 e. The molecule has 1 aromatic heterocycles. The zero-order valence-corrected chi connectivity index (χ0v) is 11.9. The molecule has 0 spiro atoms. The second-order valence-electron chi connectivity index (χ2n) is 5.10. The second-order valence-corrected chi connectivity index (χ2v) is 5.45. The van der Waals surface area contributed by atoms with Gasteiger partial charge < -0.3 is 5.32 Å². The van der Waals surface area contributed by atoms with Gasteiger partial charge in [0.2, 0.25) is 5.15 Å². The highest BCUT2D eigenvalue weighted by Gasteiger charge is 2.28. The molecule has 0 aliphatic heterocycles. The Labute approximate surface area is 121 Å². The summed E-state index contributed by atoms with van der Waals surface area (Å²) < 4.78 is 0. The molecule has 2 atom stereocenters. The maximum Gasteiger partial charge on any atom is 0.319 e. The van der Waals surface area contributed by atoms with Gasteiger partial charge in [0.05, 0.1) is 4.92 Å². The van der Waals surface area contributed by atoms with Crippen LogP contribution in [0.15, 0.2) is 12.3 Å². The lowest BCUT2D eigenvalue weighted by atomic mass is 9.86. The van der Waals surface area contributed by atoms with Gasteiger partial charge in [-0.2, -0.15) is 0 Å². The molecule has 2 unspecified atom stereocenters. The predicted octanol–water partition coefficient (Wildman–Crippen LogP) is 2.95. The number of amides is 1. The van der Waals surface area contributed by atoms with Crippen molar-refractivity contribution in [3.8, 4) is 0 Å². The maximum absolute atomic E-state index is 12.2. The first-order chi connectivity index (χ1) is 9.50. The summed E-state index contributed by atoms with van der Waals surface area (Å²) >= 11 is 5.71. The lowest BCUT2D eigenvalue weighted by Crippen LogP contribution is -2.41. The van der Waals surface area contributed by atoms with E-state index in [0.717, 1.165) is 25.7 Å². The van der Waals surface area contributed by atoms with Gasteiger partial charge in [-0.3, -0.25) is 14.9 Å². The summed E-state index contributed by atoms with van der Waals surface area (Å²) in [7, 11) is 0. The first-order valence-electron chi connectivity index (χ1n) is 6.60. The molecule has 1 amide bonds. The molecule has 2 rings (SSSR count). The van der Waals surface area contributed by atoms with E-state index in [1.165, 1.54) is 12.3 Å². The Bertz CT molecular complexity index is 536. The number of hydrogen-bond donors (Lipinski definition) is 1. The molecule has 0 saturated heterocycles. The summed E-state index contributed by atoms with van der Waals surface area (Å²) in [6, 6.07) is 1.38. The van der Waals surface area contributed by atoms with Crippen molar-refractivity contribution in [2.45, 2.75) is 38.6 Å². The van der Waals surface area contributed by atoms with Crippen molar-refractivity contribution in [2.24, 2.45) is 5.92 Å². The number of nitro groups is 1. The van der Waals surface area contributed by atoms with E-state index in [1.807, 2.05) is 0 Å². The van der Waals surface area contributed by atoms with Crippen LogP contribution in [0.3, 0.4) is 0 Å². The van der Waals surface area contributed by atoms with Gasteiger partial charge in [-0.25, -0.2) is 4.98 Å². The fourth-order valence-corrected chi connectivity index (χ4v) is 2.79. The molecule has 1 fully saturated rings. The van der Waals surface area contributed by atoms with E-state index in [9.17, 15) is 14.9 Å². The number of halogens is 1. The third-order valence-electron chi connectivity index (χ3n) is 3.73. The third-order valence-corrected chi connectivity index (χ3v) is 4.01. The van der Waals surface area contributed by atoms with Crippen molar-refractivity contribution in [1.29, 1.82) is 0 Å². The molecule has 1 aliphatic rings. The molecular weight excluding hydrogens is 282 g/mol. The molecule has 0 bridgehead atoms. The minimum atomic E-state index is -0.672. The highest BCUT2D eigenvalue weighted by Crippen LogP contribution is 2.28. The molecule has 1 aromatic rings. The summed E-state index contributed by atoms with van der Waals surface area (Å²) in [6.07, 6.45) is 5.49. The molecule has 0 aromatic carbocycles. The van der Waals surface area contributed by atoms with Crippen molar-refractivity contribution in [3.05, 3.63) is 33.1 Å². The van der Waals surface area contributed by atoms with Gasteiger partial charge >= 0.3 is 5.69 Å². The second kappa shape index (κ2) is 6.17. The normalized spacial score (nSPS) is 22.3. The average molecular weight is 298 g/mol. The zero-order valence-electron chi connectivity index (χ0n) is 11.1. The van der Waals surface area contributed by atoms with Crippen LogP contribution in [0.5, 0.6) is 0 Å². The van der Waals surface area contributed by atoms with Crippen molar-refractivity contribution in [3.63, 3.8) is 0 Å². The highest BCUT2D eigenvalue weighted by atomic mass is 35.5. The van der Waals surface area contributed by atoms with E-state index >= 15 is 0 Å². The first-order valence-corrected chi connectivity index (χ1v) is 6.98. The van der Waals surface area contributed by atoms with Gasteiger partial charge in [0.15, 0.2) is 0 Å². The van der Waals surface area contributed by atoms with E-state index in [0.29, 0.717) is 5.92 Å². The number of nitrogens with zero attached hydrogens (tertiary/aromatic N) is 2. The molecule has 20 heavy (non-hydrogen) atoms. The molecule has 108 valence electrons. The Morgan fingerprint density at radius 1 is 1.50 bits per heavy atom. The van der Waals surface area contributed by atoms with Gasteiger partial charge in [0, 0.05) is 12.2 Å². The van der Waals surface area contributed by atoms with Crippen LogP contribution in [0.2, 0.25) is 5.15 Å². The molecular formula is C13H16ClN3O3. The number of carbonyl (C=O) groups is 1. The lowest BCUT2D eigenvalue weighted by Gasteiger charge is -2.29. The van der Waals surface area contributed by atoms with Crippen LogP contribution < -0.4 is 5.32 Å². The number of aromatic nitrogens is 1. The average Bonchev–Trinajstić information content (AvgIpc) is 2.40. The molecule has 7 heteroatoms. The molecule has 1 aliphatic carbocycles. The quantitative estimate of drug-likeness (QED) is 0.528. The summed E-state index contributed by atoms with van der Waals surface area (Å²) in [4.78, 5) is 26.2. The van der Waals surface area contributed by atoms with Crippen LogP contribution in [0.4, 0.5) is 5.69 Å². The van der Waals surface area contributed by atoms with Crippen molar-refractivity contribution < 1.29 is 9.72 Å². The van der Waals surface area contributed by atoms with Crippen molar-refractivity contribution >= 4 is 23.2 Å². The summed E-state index contributed by atoms with van der Waals surface area (Å²) in [5.41, 5.74) is -0.470. The van der Waals surface area contributed by atoms with Gasteiger partial charge in [0.1, 0.15) is 5.56 Å². The lowest BCUT2D eigenvalue weighted by molar-refractivity contribution is -0.385. The van der Waals surface area contributed by atoms with Crippen molar-refractivity contribution in [2.75, 3.05) is 0 Å². The van der Waals surface area contributed by atoms with Crippen LogP contribution in [0.1, 0.15) is 43.0 Å². The molecule has 0 radical (unpaired) electrons. The van der Waals surface area contributed by atoms with E-state index in [4.69, 9.17) is 11.6 Å². The number of pyridine rings is 1. The van der Waals surface area contributed by atoms with E-state index in [1.54, 1.807) is 0 Å². The van der Waals surface area contributed by atoms with Crippen LogP contribution in [0.25, 0.3) is 0 Å². The minimum absolute atomic E-state index is 0.0345. The van der Waals surface area contributed by atoms with Crippen LogP contribution in [-0.2, 0) is 0 Å². The molecule has 1 heterocycles. The summed E-state index contributed by atoms with van der Waals surface area (Å²) in [5.74, 6) is -0.0798. The zero-order chi connectivity index (χ0) is 14.7. The van der Waals surface area contributed by atoms with Gasteiger partial charge in [-0.1, -0.05) is 31.4 Å². The maximum atomic E-state index is 12.2. The molecule has 6 nitrogen and oxygen atoms in total. The fourth-order valence-electron chi connectivity index (χ4n) is 2.56. The SMILES string of the molecule is CC1CCCCC1NC(=O)c1ccnc(Cl)c1[N+](=O)[O-]. The number of hydrogen-bond acceptors (Lipinski definition) is 4. The molecule has 1 N–H and O–H groups in total. The Hall–Kier alpha value is -1.69. The fraction of sp³-hybridized carbons (Fsp3) is 0.538. The number of carbonyl (C=O) groups excluding carboxylic acids is 1. The smallest absolute Gasteiger partial charge is 0.319 e. The van der Waals surface area contributed by atoms with Crippen LogP contribution >= 0.6 is 11.6 Å².